The number of carbonyl (C=O) groups excluding carboxylic acids is 2. The van der Waals surface area contributed by atoms with Gasteiger partial charge in [0.1, 0.15) is 17.3 Å². The fourth-order valence-electron chi connectivity index (χ4n) is 4.34. The lowest BCUT2D eigenvalue weighted by molar-refractivity contribution is -0.117. The zero-order valence-electron chi connectivity index (χ0n) is 19.6. The Morgan fingerprint density at radius 2 is 1.71 bits per heavy atom. The Bertz CT molecular complexity index is 1750. The molecule has 3 heterocycles. The first-order valence-corrected chi connectivity index (χ1v) is 11.6. The Labute approximate surface area is 214 Å². The maximum atomic E-state index is 14.7. The summed E-state index contributed by atoms with van der Waals surface area (Å²) in [6.45, 7) is 0. The molecule has 1 atom stereocenters. The number of halogens is 2. The molecule has 0 saturated carbocycles. The largest absolute Gasteiger partial charge is 0.322 e. The molecule has 6 rings (SSSR count). The summed E-state index contributed by atoms with van der Waals surface area (Å²) in [6, 6.07) is 22.7. The van der Waals surface area contributed by atoms with Gasteiger partial charge in [0, 0.05) is 29.0 Å². The normalized spacial score (nSPS) is 14.8. The fraction of sp³-hybridized carbons (Fsp3) is 0.0357. The molecule has 186 valence electrons. The lowest BCUT2D eigenvalue weighted by Crippen LogP contribution is -2.43. The van der Waals surface area contributed by atoms with E-state index >= 15 is 0 Å². The number of benzodiazepines with no additional fused rings is 1. The average Bonchev–Trinajstić information content (AvgIpc) is 3.24. The van der Waals surface area contributed by atoms with Gasteiger partial charge in [0.25, 0.3) is 11.8 Å². The van der Waals surface area contributed by atoms with E-state index in [4.69, 9.17) is 0 Å². The maximum absolute atomic E-state index is 14.7. The van der Waals surface area contributed by atoms with Crippen molar-refractivity contribution in [3.63, 3.8) is 0 Å². The standard InChI is InChI=1S/C28H18F2N6O2/c29-17-12-13-18(20(30)15-17)24-25(36-22(33-24)11-6-14-31-36)27(37)35-26-28(38)32-21-10-5-4-9-19(21)23(34-26)16-7-2-1-3-8-16/h1-15,26H,(H,32,38)(H,35,37)/t26-/m1/s1. The van der Waals surface area contributed by atoms with E-state index < -0.39 is 29.6 Å². The molecule has 0 aliphatic carbocycles. The van der Waals surface area contributed by atoms with E-state index in [9.17, 15) is 18.4 Å². The van der Waals surface area contributed by atoms with Crippen LogP contribution in [0.25, 0.3) is 16.9 Å². The zero-order valence-corrected chi connectivity index (χ0v) is 19.6. The number of nitrogens with zero attached hydrogens (tertiary/aromatic N) is 4. The number of benzene rings is 3. The minimum Gasteiger partial charge on any atom is -0.322 e. The van der Waals surface area contributed by atoms with Gasteiger partial charge in [-0.3, -0.25) is 9.59 Å². The molecule has 1 aliphatic rings. The molecule has 5 aromatic rings. The maximum Gasteiger partial charge on any atom is 0.274 e. The molecular weight excluding hydrogens is 490 g/mol. The molecule has 3 aromatic carbocycles. The summed E-state index contributed by atoms with van der Waals surface area (Å²) in [6.07, 6.45) is 0.113. The van der Waals surface area contributed by atoms with Crippen molar-refractivity contribution in [1.82, 2.24) is 19.9 Å². The second-order valence-electron chi connectivity index (χ2n) is 8.48. The summed E-state index contributed by atoms with van der Waals surface area (Å²) < 4.78 is 29.6. The predicted molar refractivity (Wildman–Crippen MR) is 137 cm³/mol. The van der Waals surface area contributed by atoms with Gasteiger partial charge in [0.15, 0.2) is 11.3 Å². The van der Waals surface area contributed by atoms with Gasteiger partial charge < -0.3 is 10.6 Å². The summed E-state index contributed by atoms with van der Waals surface area (Å²) in [7, 11) is 0. The Balaban J connectivity index is 1.45. The van der Waals surface area contributed by atoms with Gasteiger partial charge in [-0.05, 0) is 30.3 Å². The lowest BCUT2D eigenvalue weighted by Gasteiger charge is -2.14. The van der Waals surface area contributed by atoms with E-state index in [0.717, 1.165) is 11.6 Å². The molecule has 8 nitrogen and oxygen atoms in total. The predicted octanol–water partition coefficient (Wildman–Crippen LogP) is 4.22. The molecule has 0 saturated heterocycles. The highest BCUT2D eigenvalue weighted by Crippen LogP contribution is 2.28. The number of anilines is 1. The highest BCUT2D eigenvalue weighted by Gasteiger charge is 2.30. The Kier molecular flexibility index (Phi) is 5.68. The number of rotatable bonds is 4. The van der Waals surface area contributed by atoms with Crippen LogP contribution in [0, 0.1) is 11.6 Å². The topological polar surface area (TPSA) is 101 Å². The molecule has 1 aliphatic heterocycles. The molecule has 2 amide bonds. The number of hydrogen-bond donors (Lipinski definition) is 2. The molecule has 0 spiro atoms. The highest BCUT2D eigenvalue weighted by atomic mass is 19.1. The smallest absolute Gasteiger partial charge is 0.274 e. The van der Waals surface area contributed by atoms with Crippen LogP contribution in [0.2, 0.25) is 0 Å². The summed E-state index contributed by atoms with van der Waals surface area (Å²) in [5.41, 5.74) is 2.49. The second-order valence-corrected chi connectivity index (χ2v) is 8.48. The number of para-hydroxylation sites is 1. The number of imidazole rings is 1. The SMILES string of the molecule is O=C(N[C@H]1N=C(c2ccccc2)c2ccccc2NC1=O)c1c(-c2ccc(F)cc2F)nc2cccnn12. The number of aliphatic imine (C=N–C) groups is 1. The molecule has 0 radical (unpaired) electrons. The van der Waals surface area contributed by atoms with Gasteiger partial charge in [0.2, 0.25) is 6.17 Å². The van der Waals surface area contributed by atoms with Crippen LogP contribution >= 0.6 is 0 Å². The van der Waals surface area contributed by atoms with Crippen molar-refractivity contribution >= 4 is 28.9 Å². The van der Waals surface area contributed by atoms with Crippen molar-refractivity contribution in [3.05, 3.63) is 120 Å². The van der Waals surface area contributed by atoms with E-state index in [2.05, 4.69) is 25.7 Å². The van der Waals surface area contributed by atoms with E-state index in [0.29, 0.717) is 23.0 Å². The highest BCUT2D eigenvalue weighted by molar-refractivity contribution is 6.20. The fourth-order valence-corrected chi connectivity index (χ4v) is 4.34. The van der Waals surface area contributed by atoms with Crippen molar-refractivity contribution in [2.24, 2.45) is 4.99 Å². The summed E-state index contributed by atoms with van der Waals surface area (Å²) >= 11 is 0. The van der Waals surface area contributed by atoms with Crippen LogP contribution in [0.3, 0.4) is 0 Å². The lowest BCUT2D eigenvalue weighted by atomic mass is 10.0. The second kappa shape index (κ2) is 9.32. The van der Waals surface area contributed by atoms with Crippen molar-refractivity contribution in [3.8, 4) is 11.3 Å². The van der Waals surface area contributed by atoms with Crippen LogP contribution in [0.4, 0.5) is 14.5 Å². The van der Waals surface area contributed by atoms with Gasteiger partial charge in [0.05, 0.1) is 11.4 Å². The van der Waals surface area contributed by atoms with Crippen molar-refractivity contribution in [1.29, 1.82) is 0 Å². The van der Waals surface area contributed by atoms with Crippen molar-refractivity contribution in [2.75, 3.05) is 5.32 Å². The number of amides is 2. The molecule has 38 heavy (non-hydrogen) atoms. The molecule has 2 N–H and O–H groups in total. The van der Waals surface area contributed by atoms with Crippen molar-refractivity contribution < 1.29 is 18.4 Å². The van der Waals surface area contributed by atoms with Gasteiger partial charge in [-0.25, -0.2) is 23.3 Å². The Morgan fingerprint density at radius 3 is 2.53 bits per heavy atom. The van der Waals surface area contributed by atoms with Gasteiger partial charge in [-0.2, -0.15) is 5.10 Å². The Morgan fingerprint density at radius 1 is 0.921 bits per heavy atom. The molecule has 0 bridgehead atoms. The number of hydrogen-bond acceptors (Lipinski definition) is 5. The van der Waals surface area contributed by atoms with Crippen LogP contribution in [0.1, 0.15) is 21.6 Å². The van der Waals surface area contributed by atoms with Gasteiger partial charge >= 0.3 is 0 Å². The molecular formula is C28H18F2N6O2. The molecule has 0 fully saturated rings. The van der Waals surface area contributed by atoms with Crippen LogP contribution in [0.15, 0.2) is 96.1 Å². The summed E-state index contributed by atoms with van der Waals surface area (Å²) in [5, 5.41) is 9.64. The van der Waals surface area contributed by atoms with Crippen LogP contribution in [-0.2, 0) is 4.79 Å². The zero-order chi connectivity index (χ0) is 26.2. The third-order valence-corrected chi connectivity index (χ3v) is 6.06. The third kappa shape index (κ3) is 4.07. The van der Waals surface area contributed by atoms with E-state index in [1.54, 1.807) is 24.3 Å². The third-order valence-electron chi connectivity index (χ3n) is 6.06. The summed E-state index contributed by atoms with van der Waals surface area (Å²) in [4.78, 5) is 35.9. The minimum absolute atomic E-state index is 0.0525. The van der Waals surface area contributed by atoms with E-state index in [1.807, 2.05) is 42.5 Å². The molecule has 10 heteroatoms. The summed E-state index contributed by atoms with van der Waals surface area (Å²) in [5.74, 6) is -2.99. The first-order valence-electron chi connectivity index (χ1n) is 11.6. The number of fused-ring (bicyclic) bond motifs is 2. The number of aromatic nitrogens is 3. The number of nitrogens with one attached hydrogen (secondary N) is 2. The Hall–Kier alpha value is -5.25. The molecule has 2 aromatic heterocycles. The average molecular weight is 508 g/mol. The monoisotopic (exact) mass is 508 g/mol. The van der Waals surface area contributed by atoms with Gasteiger partial charge in [-0.15, -0.1) is 0 Å². The van der Waals surface area contributed by atoms with Crippen LogP contribution in [0.5, 0.6) is 0 Å². The minimum atomic E-state index is -1.33. The van der Waals surface area contributed by atoms with E-state index in [1.165, 1.54) is 16.8 Å². The first kappa shape index (κ1) is 23.2. The van der Waals surface area contributed by atoms with Gasteiger partial charge in [-0.1, -0.05) is 48.5 Å². The van der Waals surface area contributed by atoms with Crippen LogP contribution < -0.4 is 10.6 Å². The molecule has 0 unspecified atom stereocenters. The first-order chi connectivity index (χ1) is 18.5. The number of carbonyl (C=O) groups is 2. The van der Waals surface area contributed by atoms with E-state index in [-0.39, 0.29) is 22.6 Å². The van der Waals surface area contributed by atoms with Crippen molar-refractivity contribution in [2.45, 2.75) is 6.17 Å². The quantitative estimate of drug-likeness (QED) is 0.380. The van der Waals surface area contributed by atoms with Crippen LogP contribution in [-0.4, -0.2) is 38.3 Å².